The summed E-state index contributed by atoms with van der Waals surface area (Å²) in [6.45, 7) is 1.40. The third kappa shape index (κ3) is 3.86. The van der Waals surface area contributed by atoms with Crippen LogP contribution in [0, 0.1) is 0 Å². The summed E-state index contributed by atoms with van der Waals surface area (Å²) in [5.74, 6) is 0.594. The van der Waals surface area contributed by atoms with Gasteiger partial charge in [0.2, 0.25) is 0 Å². The van der Waals surface area contributed by atoms with E-state index in [4.69, 9.17) is 9.47 Å². The number of hydrogen-bond acceptors (Lipinski definition) is 6. The molecular weight excluding hydrogens is 364 g/mol. The summed E-state index contributed by atoms with van der Waals surface area (Å²) in [6.07, 6.45) is 0.683. The molecule has 1 aliphatic rings. The molecular formula is C19H20N4O3S. The molecule has 7 nitrogen and oxygen atoms in total. The first-order valence-corrected chi connectivity index (χ1v) is 9.61. The zero-order valence-corrected chi connectivity index (χ0v) is 15.7. The van der Waals surface area contributed by atoms with Gasteiger partial charge in [-0.25, -0.2) is 4.68 Å². The molecule has 0 unspecified atom stereocenters. The van der Waals surface area contributed by atoms with E-state index in [9.17, 15) is 4.79 Å². The molecule has 1 atom stereocenters. The van der Waals surface area contributed by atoms with Crippen LogP contribution in [0.1, 0.15) is 32.7 Å². The molecule has 0 saturated carbocycles. The summed E-state index contributed by atoms with van der Waals surface area (Å²) in [7, 11) is 1.64. The van der Waals surface area contributed by atoms with Gasteiger partial charge in [-0.1, -0.05) is 23.4 Å². The quantitative estimate of drug-likeness (QED) is 0.707. The molecule has 0 fully saturated rings. The number of amides is 1. The number of aromatic nitrogens is 3. The number of fused-ring (bicyclic) bond motifs is 1. The van der Waals surface area contributed by atoms with Gasteiger partial charge in [0.1, 0.15) is 11.9 Å². The molecule has 140 valence electrons. The largest absolute Gasteiger partial charge is 0.497 e. The highest BCUT2D eigenvalue weighted by Crippen LogP contribution is 2.28. The van der Waals surface area contributed by atoms with E-state index >= 15 is 0 Å². The highest BCUT2D eigenvalue weighted by atomic mass is 32.1. The maximum Gasteiger partial charge on any atom is 0.273 e. The number of methoxy groups -OCH3 is 1. The minimum atomic E-state index is -0.209. The van der Waals surface area contributed by atoms with E-state index in [1.165, 1.54) is 4.88 Å². The van der Waals surface area contributed by atoms with Crippen LogP contribution in [0.2, 0.25) is 0 Å². The Kier molecular flexibility index (Phi) is 5.17. The number of hydrogen-bond donors (Lipinski definition) is 1. The second-order valence-corrected chi connectivity index (χ2v) is 7.26. The van der Waals surface area contributed by atoms with Crippen molar-refractivity contribution in [1.82, 2.24) is 20.3 Å². The smallest absolute Gasteiger partial charge is 0.273 e. The normalized spacial score (nSPS) is 16.0. The van der Waals surface area contributed by atoms with Crippen LogP contribution in [0.3, 0.4) is 0 Å². The van der Waals surface area contributed by atoms with Crippen LogP contribution in [-0.4, -0.2) is 34.6 Å². The third-order valence-corrected chi connectivity index (χ3v) is 5.47. The van der Waals surface area contributed by atoms with Crippen molar-refractivity contribution in [3.05, 3.63) is 63.6 Å². The van der Waals surface area contributed by atoms with Crippen molar-refractivity contribution in [2.75, 3.05) is 13.7 Å². The summed E-state index contributed by atoms with van der Waals surface area (Å²) >= 11 is 1.68. The molecule has 0 radical (unpaired) electrons. The predicted octanol–water partition coefficient (Wildman–Crippen LogP) is 2.59. The molecule has 3 heterocycles. The molecule has 0 spiro atoms. The number of carbonyl (C=O) groups excluding carboxylic acids is 1. The average Bonchev–Trinajstić information content (AvgIpc) is 3.37. The number of benzene rings is 1. The Balaban J connectivity index is 1.39. The van der Waals surface area contributed by atoms with Gasteiger partial charge in [-0.3, -0.25) is 4.79 Å². The van der Waals surface area contributed by atoms with Gasteiger partial charge in [-0.05, 0) is 35.6 Å². The number of nitrogens with one attached hydrogen (secondary N) is 1. The number of nitrogens with zero attached hydrogens (tertiary/aromatic N) is 3. The van der Waals surface area contributed by atoms with Crippen molar-refractivity contribution < 1.29 is 14.3 Å². The minimum Gasteiger partial charge on any atom is -0.497 e. The van der Waals surface area contributed by atoms with Crippen LogP contribution >= 0.6 is 11.3 Å². The van der Waals surface area contributed by atoms with Crippen molar-refractivity contribution in [2.24, 2.45) is 0 Å². The Hall–Kier alpha value is -2.71. The van der Waals surface area contributed by atoms with Gasteiger partial charge in [-0.2, -0.15) is 0 Å². The van der Waals surface area contributed by atoms with Gasteiger partial charge in [0, 0.05) is 11.4 Å². The monoisotopic (exact) mass is 384 g/mol. The summed E-state index contributed by atoms with van der Waals surface area (Å²) in [6, 6.07) is 11.8. The van der Waals surface area contributed by atoms with Crippen molar-refractivity contribution in [2.45, 2.75) is 25.7 Å². The Labute approximate surface area is 160 Å². The number of thiophene rings is 1. The Bertz CT molecular complexity index is 906. The summed E-state index contributed by atoms with van der Waals surface area (Å²) in [5.41, 5.74) is 2.10. The summed E-state index contributed by atoms with van der Waals surface area (Å²) in [5, 5.41) is 13.2. The highest BCUT2D eigenvalue weighted by molar-refractivity contribution is 7.09. The lowest BCUT2D eigenvalue weighted by molar-refractivity contribution is -0.00179. The molecule has 1 N–H and O–H groups in total. The number of carbonyl (C=O) groups is 1. The Morgan fingerprint density at radius 1 is 1.37 bits per heavy atom. The lowest BCUT2D eigenvalue weighted by Gasteiger charge is -2.24. The average molecular weight is 384 g/mol. The van der Waals surface area contributed by atoms with Gasteiger partial charge in [0.15, 0.2) is 5.69 Å². The zero-order valence-electron chi connectivity index (χ0n) is 14.9. The Morgan fingerprint density at radius 3 is 2.96 bits per heavy atom. The van der Waals surface area contributed by atoms with E-state index in [-0.39, 0.29) is 12.0 Å². The van der Waals surface area contributed by atoms with E-state index in [1.54, 1.807) is 23.1 Å². The van der Waals surface area contributed by atoms with Gasteiger partial charge in [0.25, 0.3) is 5.91 Å². The van der Waals surface area contributed by atoms with Gasteiger partial charge >= 0.3 is 0 Å². The minimum absolute atomic E-state index is 0.125. The van der Waals surface area contributed by atoms with Crippen LogP contribution in [0.5, 0.6) is 5.75 Å². The lowest BCUT2D eigenvalue weighted by atomic mass is 10.1. The van der Waals surface area contributed by atoms with Crippen LogP contribution in [0.15, 0.2) is 41.8 Å². The third-order valence-electron chi connectivity index (χ3n) is 4.54. The molecule has 0 aliphatic carbocycles. The molecule has 2 aromatic heterocycles. The standard InChI is InChI=1S/C19H20N4O3S/c1-25-14-6-4-13(5-7-14)17-11-23-16(12-26-17)18(21-22-23)19(24)20-9-8-15-3-2-10-27-15/h2-7,10,17H,8-9,11-12H2,1H3,(H,20,24)/t17-/m1/s1. The first kappa shape index (κ1) is 17.7. The second-order valence-electron chi connectivity index (χ2n) is 6.22. The number of ether oxygens (including phenoxy) is 2. The fraction of sp³-hybridized carbons (Fsp3) is 0.316. The molecule has 4 rings (SSSR count). The van der Waals surface area contributed by atoms with Crippen molar-refractivity contribution in [1.29, 1.82) is 0 Å². The second kappa shape index (κ2) is 7.89. The van der Waals surface area contributed by atoms with Gasteiger partial charge in [0.05, 0.1) is 26.0 Å². The van der Waals surface area contributed by atoms with E-state index in [2.05, 4.69) is 21.7 Å². The van der Waals surface area contributed by atoms with Crippen molar-refractivity contribution >= 4 is 17.2 Å². The molecule has 1 amide bonds. The lowest BCUT2D eigenvalue weighted by Crippen LogP contribution is -2.28. The highest BCUT2D eigenvalue weighted by Gasteiger charge is 2.27. The summed E-state index contributed by atoms with van der Waals surface area (Å²) < 4.78 is 12.9. The van der Waals surface area contributed by atoms with Crippen LogP contribution in [0.25, 0.3) is 0 Å². The van der Waals surface area contributed by atoms with E-state index in [0.717, 1.165) is 17.7 Å². The van der Waals surface area contributed by atoms with Gasteiger partial charge in [-0.15, -0.1) is 16.4 Å². The topological polar surface area (TPSA) is 78.3 Å². The van der Waals surface area contributed by atoms with Gasteiger partial charge < -0.3 is 14.8 Å². The maximum absolute atomic E-state index is 12.4. The van der Waals surface area contributed by atoms with Crippen molar-refractivity contribution in [3.8, 4) is 5.75 Å². The zero-order chi connectivity index (χ0) is 18.6. The fourth-order valence-electron chi connectivity index (χ4n) is 3.05. The molecule has 27 heavy (non-hydrogen) atoms. The van der Waals surface area contributed by atoms with Crippen LogP contribution in [-0.2, 0) is 24.3 Å². The predicted molar refractivity (Wildman–Crippen MR) is 101 cm³/mol. The SMILES string of the molecule is COc1ccc([C@H]2Cn3nnc(C(=O)NCCc4cccs4)c3CO2)cc1. The molecule has 0 saturated heterocycles. The molecule has 8 heteroatoms. The molecule has 3 aromatic rings. The number of rotatable bonds is 6. The van der Waals surface area contributed by atoms with E-state index < -0.39 is 0 Å². The van der Waals surface area contributed by atoms with Crippen molar-refractivity contribution in [3.63, 3.8) is 0 Å². The first-order valence-electron chi connectivity index (χ1n) is 8.73. The van der Waals surface area contributed by atoms with Crippen LogP contribution in [0.4, 0.5) is 0 Å². The summed E-state index contributed by atoms with van der Waals surface area (Å²) in [4.78, 5) is 13.7. The first-order chi connectivity index (χ1) is 13.2. The van der Waals surface area contributed by atoms with Crippen LogP contribution < -0.4 is 10.1 Å². The maximum atomic E-state index is 12.4. The molecule has 0 bridgehead atoms. The fourth-order valence-corrected chi connectivity index (χ4v) is 3.75. The molecule has 1 aromatic carbocycles. The van der Waals surface area contributed by atoms with E-state index in [1.807, 2.05) is 35.7 Å². The Morgan fingerprint density at radius 2 is 2.22 bits per heavy atom. The molecule has 1 aliphatic heterocycles. The van der Waals surface area contributed by atoms with E-state index in [0.29, 0.717) is 31.1 Å².